The fourth-order valence-corrected chi connectivity index (χ4v) is 10.8. The van der Waals surface area contributed by atoms with E-state index in [9.17, 15) is 0 Å². The number of ether oxygens (including phenoxy) is 1. The zero-order chi connectivity index (χ0) is 36.8. The monoisotopic (exact) mass is 728 g/mol. The first-order valence-electron chi connectivity index (χ1n) is 20.6. The van der Waals surface area contributed by atoms with Gasteiger partial charge in [-0.15, -0.1) is 0 Å². The van der Waals surface area contributed by atoms with Gasteiger partial charge < -0.3 is 24.3 Å². The molecule has 0 atom stereocenters. The first-order valence-corrected chi connectivity index (χ1v) is 20.6. The van der Waals surface area contributed by atoms with Gasteiger partial charge in [0.1, 0.15) is 11.5 Å². The number of hydrogen-bond donors (Lipinski definition) is 0. The second-order valence-corrected chi connectivity index (χ2v) is 16.2. The summed E-state index contributed by atoms with van der Waals surface area (Å²) in [6, 6.07) is 54.0. The van der Waals surface area contributed by atoms with Gasteiger partial charge in [-0.25, -0.2) is 0 Å². The van der Waals surface area contributed by atoms with E-state index < -0.39 is 5.66 Å². The van der Waals surface area contributed by atoms with Crippen molar-refractivity contribution in [3.63, 3.8) is 0 Å². The summed E-state index contributed by atoms with van der Waals surface area (Å²) in [5.74, 6) is 1.72. The van der Waals surface area contributed by atoms with E-state index in [4.69, 9.17) is 4.74 Å². The topological polar surface area (TPSA) is 22.2 Å². The number of hydrogen-bond acceptors (Lipinski definition) is 5. The van der Waals surface area contributed by atoms with Crippen LogP contribution in [0.1, 0.15) is 62.5 Å². The van der Waals surface area contributed by atoms with E-state index in [0.29, 0.717) is 0 Å². The Bertz CT molecular complexity index is 2430. The fourth-order valence-electron chi connectivity index (χ4n) is 10.8. The van der Waals surface area contributed by atoms with E-state index in [0.717, 1.165) is 61.6 Å². The molecule has 5 nitrogen and oxygen atoms in total. The van der Waals surface area contributed by atoms with E-state index >= 15 is 0 Å². The molecule has 3 heterocycles. The lowest BCUT2D eigenvalue weighted by Crippen LogP contribution is -2.57. The van der Waals surface area contributed by atoms with Crippen molar-refractivity contribution in [3.05, 3.63) is 180 Å². The quantitative estimate of drug-likeness (QED) is 0.177. The van der Waals surface area contributed by atoms with Gasteiger partial charge >= 0.3 is 0 Å². The number of rotatable bonds is 2. The molecule has 3 aliphatic carbocycles. The van der Waals surface area contributed by atoms with Gasteiger partial charge in [0.15, 0.2) is 5.66 Å². The van der Waals surface area contributed by atoms with Crippen molar-refractivity contribution in [1.82, 2.24) is 9.80 Å². The highest BCUT2D eigenvalue weighted by Gasteiger charge is 2.58. The van der Waals surface area contributed by atoms with Crippen LogP contribution in [-0.4, -0.2) is 23.1 Å². The molecule has 6 aromatic rings. The molecule has 0 amide bonds. The van der Waals surface area contributed by atoms with Gasteiger partial charge in [0.05, 0.1) is 13.3 Å². The molecule has 3 aliphatic heterocycles. The van der Waals surface area contributed by atoms with E-state index in [2.05, 4.69) is 165 Å². The van der Waals surface area contributed by atoms with Gasteiger partial charge in [0, 0.05) is 57.4 Å². The van der Waals surface area contributed by atoms with Crippen molar-refractivity contribution < 1.29 is 4.74 Å². The van der Waals surface area contributed by atoms with Gasteiger partial charge in [-0.05, 0) is 109 Å². The molecule has 0 aromatic heterocycles. The van der Waals surface area contributed by atoms with Crippen LogP contribution >= 0.6 is 0 Å². The number of anilines is 2. The standard InChI is InChI=1S/C51H44N4O/c1-3-15-35(16-4-1)37-27-39-31-41(29-37)56-42-30-38(36-17-5-2-6-18-36)28-40(32-42)53-34-55(50-26-14-12-24-48(50)53)51(54-33-52(39)47-23-11-13-25-49(47)54)45-21-9-7-19-43(45)44-20-8-10-22-46(44)51/h1-10,15-22,27-32H,11-14,23-26,33-34H2. The van der Waals surface area contributed by atoms with Crippen molar-refractivity contribution in [2.75, 3.05) is 23.1 Å². The summed E-state index contributed by atoms with van der Waals surface area (Å²) in [5.41, 5.74) is 18.0. The van der Waals surface area contributed by atoms with Crippen molar-refractivity contribution in [1.29, 1.82) is 0 Å². The normalized spacial score (nSPS) is 18.7. The Balaban J connectivity index is 1.17. The summed E-state index contributed by atoms with van der Waals surface area (Å²) in [4.78, 5) is 11.0. The molecule has 1 spiro atoms. The number of allylic oxidation sites excluding steroid dienone is 4. The highest BCUT2D eigenvalue weighted by molar-refractivity contribution is 5.82. The zero-order valence-corrected chi connectivity index (χ0v) is 31.6. The second kappa shape index (κ2) is 12.4. The molecule has 0 saturated carbocycles. The Morgan fingerprint density at radius 3 is 1.27 bits per heavy atom. The maximum atomic E-state index is 7.09. The SMILES string of the molecule is c1ccc(-c2cc3cc(c2)N2CN(C4=C2CCCC4)C2(c4ccccc4-c4ccccc42)N2CN(C4=C2CCCC4)c2cc(cc(-c4ccccc4)c2)O3)cc1. The molecule has 5 heteroatoms. The van der Waals surface area contributed by atoms with Crippen molar-refractivity contribution >= 4 is 11.4 Å². The zero-order valence-electron chi connectivity index (χ0n) is 31.6. The molecule has 6 aromatic carbocycles. The molecule has 56 heavy (non-hydrogen) atoms. The molecule has 0 N–H and O–H groups in total. The van der Waals surface area contributed by atoms with Gasteiger partial charge in [0.25, 0.3) is 0 Å². The summed E-state index contributed by atoms with van der Waals surface area (Å²) in [5, 5.41) is 0. The van der Waals surface area contributed by atoms with Gasteiger partial charge in [0.2, 0.25) is 0 Å². The van der Waals surface area contributed by atoms with Gasteiger partial charge in [-0.2, -0.15) is 0 Å². The predicted molar refractivity (Wildman–Crippen MR) is 226 cm³/mol. The molecular weight excluding hydrogens is 685 g/mol. The van der Waals surface area contributed by atoms with E-state index in [1.165, 1.54) is 93.2 Å². The minimum Gasteiger partial charge on any atom is -0.457 e. The Hall–Kier alpha value is -6.20. The molecule has 8 bridgehead atoms. The van der Waals surface area contributed by atoms with Crippen LogP contribution in [0.4, 0.5) is 11.4 Å². The van der Waals surface area contributed by atoms with Gasteiger partial charge in [-0.3, -0.25) is 0 Å². The summed E-state index contributed by atoms with van der Waals surface area (Å²) < 4.78 is 7.09. The Morgan fingerprint density at radius 2 is 0.804 bits per heavy atom. The van der Waals surface area contributed by atoms with Crippen LogP contribution < -0.4 is 14.5 Å². The maximum absolute atomic E-state index is 7.09. The van der Waals surface area contributed by atoms with Crippen LogP contribution in [-0.2, 0) is 5.66 Å². The van der Waals surface area contributed by atoms with Crippen molar-refractivity contribution in [2.45, 2.75) is 57.0 Å². The Kier molecular flexibility index (Phi) is 7.11. The third kappa shape index (κ3) is 4.67. The number of nitrogens with zero attached hydrogens (tertiary/aromatic N) is 4. The predicted octanol–water partition coefficient (Wildman–Crippen LogP) is 12.4. The minimum absolute atomic E-state index is 0.521. The molecular formula is C51H44N4O. The van der Waals surface area contributed by atoms with E-state index in [1.807, 2.05) is 0 Å². The van der Waals surface area contributed by atoms with Gasteiger partial charge in [-0.1, -0.05) is 109 Å². The molecule has 0 radical (unpaired) electrons. The summed E-state index contributed by atoms with van der Waals surface area (Å²) in [6.45, 7) is 1.54. The average molecular weight is 729 g/mol. The van der Waals surface area contributed by atoms with E-state index in [-0.39, 0.29) is 0 Å². The van der Waals surface area contributed by atoms with Crippen LogP contribution in [0.5, 0.6) is 11.5 Å². The maximum Gasteiger partial charge on any atom is 0.170 e. The highest BCUT2D eigenvalue weighted by Crippen LogP contribution is 2.60. The third-order valence-electron chi connectivity index (χ3n) is 13.2. The van der Waals surface area contributed by atoms with Crippen molar-refractivity contribution in [3.8, 4) is 44.9 Å². The summed E-state index contributed by atoms with van der Waals surface area (Å²) in [6.07, 6.45) is 9.09. The summed E-state index contributed by atoms with van der Waals surface area (Å²) in [7, 11) is 0. The number of benzene rings is 6. The first-order chi connectivity index (χ1) is 27.7. The van der Waals surface area contributed by atoms with Crippen LogP contribution in [0.3, 0.4) is 0 Å². The van der Waals surface area contributed by atoms with Crippen LogP contribution in [0.15, 0.2) is 168 Å². The fraction of sp³-hybridized carbons (Fsp3) is 0.216. The highest BCUT2D eigenvalue weighted by atomic mass is 16.5. The van der Waals surface area contributed by atoms with Crippen LogP contribution in [0.25, 0.3) is 33.4 Å². The molecule has 0 fully saturated rings. The largest absolute Gasteiger partial charge is 0.457 e. The Labute approximate surface area is 329 Å². The molecule has 274 valence electrons. The smallest absolute Gasteiger partial charge is 0.170 e. The second-order valence-electron chi connectivity index (χ2n) is 16.2. The first kappa shape index (κ1) is 32.1. The minimum atomic E-state index is -0.521. The lowest BCUT2D eigenvalue weighted by Gasteiger charge is -2.51. The van der Waals surface area contributed by atoms with Crippen LogP contribution in [0.2, 0.25) is 0 Å². The van der Waals surface area contributed by atoms with E-state index in [1.54, 1.807) is 0 Å². The molecule has 0 unspecified atom stereocenters. The van der Waals surface area contributed by atoms with Crippen molar-refractivity contribution in [2.24, 2.45) is 0 Å². The molecule has 12 rings (SSSR count). The van der Waals surface area contributed by atoms with Crippen LogP contribution in [0, 0.1) is 0 Å². The Morgan fingerprint density at radius 1 is 0.393 bits per heavy atom. The molecule has 6 aliphatic rings. The summed E-state index contributed by atoms with van der Waals surface area (Å²) >= 11 is 0. The average Bonchev–Trinajstić information content (AvgIpc) is 3.93. The number of fused-ring (bicyclic) bond motifs is 21. The molecule has 0 saturated heterocycles. The lowest BCUT2D eigenvalue weighted by molar-refractivity contribution is 0.0264. The third-order valence-corrected chi connectivity index (χ3v) is 13.2. The lowest BCUT2D eigenvalue weighted by atomic mass is 9.89.